The zero-order valence-corrected chi connectivity index (χ0v) is 14.1. The van der Waals surface area contributed by atoms with Gasteiger partial charge < -0.3 is 15.4 Å². The Balaban J connectivity index is 1.46. The molecule has 4 nitrogen and oxygen atoms in total. The van der Waals surface area contributed by atoms with Crippen LogP contribution in [0.25, 0.3) is 0 Å². The molecule has 0 aliphatic rings. The van der Waals surface area contributed by atoms with E-state index in [0.29, 0.717) is 30.0 Å². The summed E-state index contributed by atoms with van der Waals surface area (Å²) in [5, 5.41) is 5.45. The van der Waals surface area contributed by atoms with Gasteiger partial charge in [0.05, 0.1) is 0 Å². The Morgan fingerprint density at radius 2 is 1.50 bits per heavy atom. The number of anilines is 1. The van der Waals surface area contributed by atoms with Crippen molar-refractivity contribution in [2.45, 2.75) is 6.42 Å². The zero-order valence-electron chi connectivity index (χ0n) is 14.1. The Hall–Kier alpha value is -3.34. The second kappa shape index (κ2) is 8.67. The first-order valence-electron chi connectivity index (χ1n) is 8.32. The molecule has 0 spiro atoms. The van der Waals surface area contributed by atoms with Crippen molar-refractivity contribution in [2.75, 3.05) is 11.9 Å². The van der Waals surface area contributed by atoms with E-state index in [9.17, 15) is 9.18 Å². The van der Waals surface area contributed by atoms with Gasteiger partial charge in [0.15, 0.2) is 0 Å². The highest BCUT2D eigenvalue weighted by Crippen LogP contribution is 2.22. The number of nitrogens with one attached hydrogen (secondary N) is 2. The number of benzene rings is 3. The average Bonchev–Trinajstić information content (AvgIpc) is 2.66. The molecule has 0 atom stereocenters. The van der Waals surface area contributed by atoms with Crippen LogP contribution >= 0.6 is 0 Å². The molecule has 0 heterocycles. The lowest BCUT2D eigenvalue weighted by atomic mass is 10.1. The highest BCUT2D eigenvalue weighted by Gasteiger charge is 2.04. The smallest absolute Gasteiger partial charge is 0.319 e. The molecule has 0 radical (unpaired) electrons. The van der Waals surface area contributed by atoms with Gasteiger partial charge in [-0.15, -0.1) is 0 Å². The van der Waals surface area contributed by atoms with Crippen molar-refractivity contribution in [3.05, 3.63) is 90.2 Å². The molecule has 0 aliphatic heterocycles. The Bertz CT molecular complexity index is 851. The van der Waals surface area contributed by atoms with Crippen LogP contribution in [0.2, 0.25) is 0 Å². The molecular weight excluding hydrogens is 331 g/mol. The summed E-state index contributed by atoms with van der Waals surface area (Å²) in [5.74, 6) is 1.17. The Labute approximate surface area is 151 Å². The number of amides is 2. The van der Waals surface area contributed by atoms with Crippen molar-refractivity contribution in [1.29, 1.82) is 0 Å². The number of halogens is 1. The van der Waals surface area contributed by atoms with E-state index in [2.05, 4.69) is 10.6 Å². The summed E-state index contributed by atoms with van der Waals surface area (Å²) in [4.78, 5) is 11.9. The molecule has 0 saturated heterocycles. The second-order valence-corrected chi connectivity index (χ2v) is 5.66. The van der Waals surface area contributed by atoms with E-state index in [1.54, 1.807) is 42.5 Å². The molecule has 0 unspecified atom stereocenters. The molecule has 3 aromatic carbocycles. The minimum atomic E-state index is -0.335. The summed E-state index contributed by atoms with van der Waals surface area (Å²) in [5.41, 5.74) is 1.23. The summed E-state index contributed by atoms with van der Waals surface area (Å²) in [6.45, 7) is 0.349. The number of para-hydroxylation sites is 1. The van der Waals surface area contributed by atoms with Crippen molar-refractivity contribution < 1.29 is 13.9 Å². The number of hydrogen-bond donors (Lipinski definition) is 2. The molecule has 3 aromatic rings. The van der Waals surface area contributed by atoms with Crippen molar-refractivity contribution in [3.8, 4) is 11.5 Å². The first kappa shape index (κ1) is 17.5. The topological polar surface area (TPSA) is 50.4 Å². The summed E-state index contributed by atoms with van der Waals surface area (Å²) in [7, 11) is 0. The van der Waals surface area contributed by atoms with E-state index in [-0.39, 0.29) is 11.8 Å². The van der Waals surface area contributed by atoms with Gasteiger partial charge in [-0.25, -0.2) is 9.18 Å². The van der Waals surface area contributed by atoms with Gasteiger partial charge in [0, 0.05) is 12.2 Å². The Morgan fingerprint density at radius 3 is 2.23 bits per heavy atom. The maximum absolute atomic E-state index is 13.5. The van der Waals surface area contributed by atoms with Gasteiger partial charge in [-0.3, -0.25) is 0 Å². The lowest BCUT2D eigenvalue weighted by Gasteiger charge is -2.09. The third-order valence-electron chi connectivity index (χ3n) is 3.73. The molecule has 5 heteroatoms. The summed E-state index contributed by atoms with van der Waals surface area (Å²) < 4.78 is 19.2. The predicted molar refractivity (Wildman–Crippen MR) is 100 cm³/mol. The molecule has 0 aromatic heterocycles. The standard InChI is InChI=1S/C21H19FN2O2/c22-20-9-5-4-6-16(20)14-15-23-21(25)24-17-10-12-19(13-11-17)26-18-7-2-1-3-8-18/h1-13H,14-15H2,(H2,23,24,25). The molecule has 2 amide bonds. The molecule has 0 bridgehead atoms. The maximum Gasteiger partial charge on any atom is 0.319 e. The van der Waals surface area contributed by atoms with Crippen LogP contribution in [0.4, 0.5) is 14.9 Å². The third kappa shape index (κ3) is 5.08. The largest absolute Gasteiger partial charge is 0.457 e. The van der Waals surface area contributed by atoms with E-state index in [4.69, 9.17) is 4.74 Å². The van der Waals surface area contributed by atoms with E-state index < -0.39 is 0 Å². The number of carbonyl (C=O) groups excluding carboxylic acids is 1. The molecule has 26 heavy (non-hydrogen) atoms. The van der Waals surface area contributed by atoms with Crippen LogP contribution in [0.3, 0.4) is 0 Å². The fraction of sp³-hybridized carbons (Fsp3) is 0.0952. The number of hydrogen-bond acceptors (Lipinski definition) is 2. The monoisotopic (exact) mass is 350 g/mol. The van der Waals surface area contributed by atoms with Gasteiger partial charge in [0.2, 0.25) is 0 Å². The molecule has 0 saturated carbocycles. The molecule has 0 fully saturated rings. The Morgan fingerprint density at radius 1 is 0.846 bits per heavy atom. The van der Waals surface area contributed by atoms with Gasteiger partial charge in [-0.1, -0.05) is 36.4 Å². The summed E-state index contributed by atoms with van der Waals surface area (Å²) in [6.07, 6.45) is 0.434. The van der Waals surface area contributed by atoms with Gasteiger partial charge in [-0.2, -0.15) is 0 Å². The van der Waals surface area contributed by atoms with Crippen LogP contribution in [-0.4, -0.2) is 12.6 Å². The minimum absolute atomic E-state index is 0.260. The van der Waals surface area contributed by atoms with Gasteiger partial charge in [0.1, 0.15) is 17.3 Å². The van der Waals surface area contributed by atoms with E-state index >= 15 is 0 Å². The van der Waals surface area contributed by atoms with Crippen LogP contribution in [-0.2, 0) is 6.42 Å². The van der Waals surface area contributed by atoms with Gasteiger partial charge in [0.25, 0.3) is 0 Å². The second-order valence-electron chi connectivity index (χ2n) is 5.66. The highest BCUT2D eigenvalue weighted by molar-refractivity contribution is 5.89. The van der Waals surface area contributed by atoms with Crippen molar-refractivity contribution in [2.24, 2.45) is 0 Å². The quantitative estimate of drug-likeness (QED) is 0.658. The normalized spacial score (nSPS) is 10.2. The van der Waals surface area contributed by atoms with Crippen LogP contribution in [0.5, 0.6) is 11.5 Å². The van der Waals surface area contributed by atoms with Crippen LogP contribution in [0.15, 0.2) is 78.9 Å². The first-order chi connectivity index (χ1) is 12.7. The first-order valence-corrected chi connectivity index (χ1v) is 8.32. The summed E-state index contributed by atoms with van der Waals surface area (Å²) >= 11 is 0. The van der Waals surface area contributed by atoms with Crippen LogP contribution < -0.4 is 15.4 Å². The Kier molecular flexibility index (Phi) is 5.83. The minimum Gasteiger partial charge on any atom is -0.457 e. The average molecular weight is 350 g/mol. The maximum atomic E-state index is 13.5. The fourth-order valence-electron chi connectivity index (χ4n) is 2.42. The number of ether oxygens (including phenoxy) is 1. The third-order valence-corrected chi connectivity index (χ3v) is 3.73. The number of carbonyl (C=O) groups is 1. The number of urea groups is 1. The predicted octanol–water partition coefficient (Wildman–Crippen LogP) is 4.98. The zero-order chi connectivity index (χ0) is 18.2. The van der Waals surface area contributed by atoms with Crippen LogP contribution in [0.1, 0.15) is 5.56 Å². The van der Waals surface area contributed by atoms with Crippen molar-refractivity contribution in [3.63, 3.8) is 0 Å². The lowest BCUT2D eigenvalue weighted by Crippen LogP contribution is -2.30. The lowest BCUT2D eigenvalue weighted by molar-refractivity contribution is 0.252. The van der Waals surface area contributed by atoms with Crippen molar-refractivity contribution in [1.82, 2.24) is 5.32 Å². The molecule has 3 rings (SSSR count). The SMILES string of the molecule is O=C(NCCc1ccccc1F)Nc1ccc(Oc2ccccc2)cc1. The highest BCUT2D eigenvalue weighted by atomic mass is 19.1. The number of rotatable bonds is 6. The van der Waals surface area contributed by atoms with E-state index in [1.165, 1.54) is 6.07 Å². The molecular formula is C21H19FN2O2. The molecule has 132 valence electrons. The van der Waals surface area contributed by atoms with E-state index in [0.717, 1.165) is 5.75 Å². The van der Waals surface area contributed by atoms with Crippen molar-refractivity contribution >= 4 is 11.7 Å². The van der Waals surface area contributed by atoms with Gasteiger partial charge in [-0.05, 0) is 54.4 Å². The van der Waals surface area contributed by atoms with Crippen LogP contribution in [0, 0.1) is 5.82 Å². The van der Waals surface area contributed by atoms with Gasteiger partial charge >= 0.3 is 6.03 Å². The fourth-order valence-corrected chi connectivity index (χ4v) is 2.42. The molecule has 2 N–H and O–H groups in total. The summed E-state index contributed by atoms with van der Waals surface area (Å²) in [6, 6.07) is 22.7. The molecule has 0 aliphatic carbocycles. The van der Waals surface area contributed by atoms with E-state index in [1.807, 2.05) is 30.3 Å².